The molecule has 2 fully saturated rings. The zero-order valence-corrected chi connectivity index (χ0v) is 8.45. The molecule has 2 aliphatic rings. The van der Waals surface area contributed by atoms with Crippen LogP contribution in [0.15, 0.2) is 0 Å². The molecule has 0 spiro atoms. The van der Waals surface area contributed by atoms with Crippen molar-refractivity contribution in [3.63, 3.8) is 0 Å². The van der Waals surface area contributed by atoms with Crippen LogP contribution in [-0.2, 0) is 9.47 Å². The van der Waals surface area contributed by atoms with Gasteiger partial charge < -0.3 is 19.9 Å². The van der Waals surface area contributed by atoms with E-state index in [4.69, 9.17) is 14.6 Å². The largest absolute Gasteiger partial charge is 0.396 e. The highest BCUT2D eigenvalue weighted by Gasteiger charge is 2.28. The molecule has 0 aromatic rings. The third-order valence-corrected chi connectivity index (χ3v) is 2.95. The van der Waals surface area contributed by atoms with Gasteiger partial charge >= 0.3 is 0 Å². The maximum absolute atomic E-state index is 8.75. The van der Waals surface area contributed by atoms with Crippen LogP contribution in [0.1, 0.15) is 19.3 Å². The van der Waals surface area contributed by atoms with Gasteiger partial charge in [-0.15, -0.1) is 0 Å². The first kappa shape index (κ1) is 10.4. The Morgan fingerprint density at radius 2 is 2.36 bits per heavy atom. The molecule has 0 radical (unpaired) electrons. The summed E-state index contributed by atoms with van der Waals surface area (Å²) in [4.78, 5) is 0. The van der Waals surface area contributed by atoms with E-state index in [0.717, 1.165) is 19.5 Å². The molecule has 2 rings (SSSR count). The number of ether oxygens (including phenoxy) is 2. The van der Waals surface area contributed by atoms with Crippen molar-refractivity contribution >= 4 is 0 Å². The van der Waals surface area contributed by atoms with Crippen molar-refractivity contribution in [1.82, 2.24) is 5.32 Å². The van der Waals surface area contributed by atoms with E-state index in [0.29, 0.717) is 18.9 Å². The second-order valence-electron chi connectivity index (χ2n) is 4.13. The lowest BCUT2D eigenvalue weighted by atomic mass is 10.1. The Labute approximate surface area is 84.6 Å². The second kappa shape index (κ2) is 5.07. The van der Waals surface area contributed by atoms with E-state index < -0.39 is 0 Å². The topological polar surface area (TPSA) is 50.7 Å². The van der Waals surface area contributed by atoms with Crippen molar-refractivity contribution in [3.8, 4) is 0 Å². The highest BCUT2D eigenvalue weighted by atomic mass is 16.7. The van der Waals surface area contributed by atoms with Crippen molar-refractivity contribution in [3.05, 3.63) is 0 Å². The van der Waals surface area contributed by atoms with Gasteiger partial charge in [-0.25, -0.2) is 0 Å². The van der Waals surface area contributed by atoms with Crippen molar-refractivity contribution in [2.24, 2.45) is 5.92 Å². The Bertz CT molecular complexity index is 171. The zero-order valence-electron chi connectivity index (χ0n) is 8.45. The van der Waals surface area contributed by atoms with Crippen LogP contribution in [0, 0.1) is 5.92 Å². The number of nitrogens with one attached hydrogen (secondary N) is 1. The van der Waals surface area contributed by atoms with Gasteiger partial charge in [-0.05, 0) is 31.8 Å². The van der Waals surface area contributed by atoms with E-state index in [-0.39, 0.29) is 19.0 Å². The minimum Gasteiger partial charge on any atom is -0.396 e. The van der Waals surface area contributed by atoms with Gasteiger partial charge in [0.05, 0.1) is 12.7 Å². The van der Waals surface area contributed by atoms with Crippen LogP contribution in [0.3, 0.4) is 0 Å². The Hall–Kier alpha value is -0.160. The first-order valence-electron chi connectivity index (χ1n) is 5.47. The van der Waals surface area contributed by atoms with Crippen molar-refractivity contribution in [1.29, 1.82) is 0 Å². The minimum atomic E-state index is -0.0311. The summed E-state index contributed by atoms with van der Waals surface area (Å²) in [6.07, 6.45) is 3.00. The summed E-state index contributed by atoms with van der Waals surface area (Å²) >= 11 is 0. The van der Waals surface area contributed by atoms with E-state index in [1.165, 1.54) is 6.42 Å². The average Bonchev–Trinajstić information content (AvgIpc) is 2.79. The summed E-state index contributed by atoms with van der Waals surface area (Å²) in [5.41, 5.74) is 0. The fraction of sp³-hybridized carbons (Fsp3) is 1.00. The summed E-state index contributed by atoms with van der Waals surface area (Å²) in [6.45, 7) is 3.04. The van der Waals surface area contributed by atoms with Gasteiger partial charge in [-0.2, -0.15) is 0 Å². The van der Waals surface area contributed by atoms with Crippen LogP contribution in [0.4, 0.5) is 0 Å². The number of aliphatic hydroxyl groups excluding tert-OH is 1. The van der Waals surface area contributed by atoms with Gasteiger partial charge in [0.25, 0.3) is 0 Å². The maximum atomic E-state index is 8.75. The lowest BCUT2D eigenvalue weighted by Crippen LogP contribution is -2.18. The van der Waals surface area contributed by atoms with Gasteiger partial charge in [0.15, 0.2) is 6.29 Å². The smallest absolute Gasteiger partial charge is 0.158 e. The molecule has 2 N–H and O–H groups in total. The van der Waals surface area contributed by atoms with Gasteiger partial charge in [-0.3, -0.25) is 0 Å². The summed E-state index contributed by atoms with van der Waals surface area (Å²) in [5, 5.41) is 12.1. The first-order valence-corrected chi connectivity index (χ1v) is 5.47. The Balaban J connectivity index is 1.67. The van der Waals surface area contributed by atoms with E-state index in [9.17, 15) is 0 Å². The molecule has 0 aromatic carbocycles. The SMILES string of the molecule is OCCC1COC(CC2CCNC2)O1. The van der Waals surface area contributed by atoms with Crippen LogP contribution < -0.4 is 5.32 Å². The number of aliphatic hydroxyl groups is 1. The van der Waals surface area contributed by atoms with Crippen LogP contribution in [0.2, 0.25) is 0 Å². The number of hydrogen-bond acceptors (Lipinski definition) is 4. The normalized spacial score (nSPS) is 37.9. The number of rotatable bonds is 4. The molecule has 14 heavy (non-hydrogen) atoms. The summed E-state index contributed by atoms with van der Waals surface area (Å²) in [5.74, 6) is 0.702. The molecule has 0 saturated carbocycles. The van der Waals surface area contributed by atoms with Gasteiger partial charge in [0.1, 0.15) is 0 Å². The minimum absolute atomic E-state index is 0.0311. The van der Waals surface area contributed by atoms with Gasteiger partial charge in [0.2, 0.25) is 0 Å². The summed E-state index contributed by atoms with van der Waals surface area (Å²) in [7, 11) is 0. The van der Waals surface area contributed by atoms with Crippen molar-refractivity contribution < 1.29 is 14.6 Å². The monoisotopic (exact) mass is 201 g/mol. The number of hydrogen-bond donors (Lipinski definition) is 2. The molecule has 4 nitrogen and oxygen atoms in total. The third kappa shape index (κ3) is 2.67. The van der Waals surface area contributed by atoms with E-state index in [1.54, 1.807) is 0 Å². The molecular formula is C10H19NO3. The standard InChI is InChI=1S/C10H19NO3/c12-4-2-9-7-13-10(14-9)5-8-1-3-11-6-8/h8-12H,1-7H2. The molecule has 3 atom stereocenters. The highest BCUT2D eigenvalue weighted by Crippen LogP contribution is 2.23. The highest BCUT2D eigenvalue weighted by molar-refractivity contribution is 4.74. The lowest BCUT2D eigenvalue weighted by molar-refractivity contribution is -0.0722. The van der Waals surface area contributed by atoms with Crippen molar-refractivity contribution in [2.45, 2.75) is 31.7 Å². The molecule has 82 valence electrons. The molecule has 4 heteroatoms. The van der Waals surface area contributed by atoms with Crippen LogP contribution in [-0.4, -0.2) is 43.8 Å². The fourth-order valence-electron chi connectivity index (χ4n) is 2.11. The predicted molar refractivity (Wildman–Crippen MR) is 51.9 cm³/mol. The molecule has 0 bridgehead atoms. The molecule has 0 aliphatic carbocycles. The lowest BCUT2D eigenvalue weighted by Gasteiger charge is -2.14. The Kier molecular flexibility index (Phi) is 3.75. The van der Waals surface area contributed by atoms with Gasteiger partial charge in [0, 0.05) is 13.0 Å². The van der Waals surface area contributed by atoms with E-state index >= 15 is 0 Å². The summed E-state index contributed by atoms with van der Waals surface area (Å²) < 4.78 is 11.2. The fourth-order valence-corrected chi connectivity index (χ4v) is 2.11. The Morgan fingerprint density at radius 3 is 3.07 bits per heavy atom. The predicted octanol–water partition coefficient (Wildman–Crippen LogP) is 0.110. The molecule has 3 unspecified atom stereocenters. The third-order valence-electron chi connectivity index (χ3n) is 2.95. The van der Waals surface area contributed by atoms with Crippen LogP contribution in [0.25, 0.3) is 0 Å². The average molecular weight is 201 g/mol. The maximum Gasteiger partial charge on any atom is 0.158 e. The Morgan fingerprint density at radius 1 is 1.43 bits per heavy atom. The second-order valence-corrected chi connectivity index (χ2v) is 4.13. The molecule has 2 heterocycles. The van der Waals surface area contributed by atoms with Crippen molar-refractivity contribution in [2.75, 3.05) is 26.3 Å². The zero-order chi connectivity index (χ0) is 9.80. The summed E-state index contributed by atoms with van der Waals surface area (Å²) in [6, 6.07) is 0. The molecule has 0 amide bonds. The molecule has 2 saturated heterocycles. The first-order chi connectivity index (χ1) is 6.88. The van der Waals surface area contributed by atoms with Crippen LogP contribution >= 0.6 is 0 Å². The molecule has 2 aliphatic heterocycles. The van der Waals surface area contributed by atoms with Gasteiger partial charge in [-0.1, -0.05) is 0 Å². The molecular weight excluding hydrogens is 182 g/mol. The quantitative estimate of drug-likeness (QED) is 0.678. The molecule has 0 aromatic heterocycles. The van der Waals surface area contributed by atoms with E-state index in [2.05, 4.69) is 5.32 Å². The van der Waals surface area contributed by atoms with Crippen LogP contribution in [0.5, 0.6) is 0 Å². The van der Waals surface area contributed by atoms with E-state index in [1.807, 2.05) is 0 Å².